The molecular weight excluding hydrogens is 222 g/mol. The fourth-order valence-corrected chi connectivity index (χ4v) is 1.38. The SMILES string of the molecule is CCOC(=O)CCCNC(=O)c1ccoc1C. The molecule has 0 aliphatic carbocycles. The molecule has 94 valence electrons. The Labute approximate surface area is 100 Å². The highest BCUT2D eigenvalue weighted by Crippen LogP contribution is 2.07. The van der Waals surface area contributed by atoms with Crippen molar-refractivity contribution < 1.29 is 18.7 Å². The molecule has 0 saturated carbocycles. The third-order valence-corrected chi connectivity index (χ3v) is 2.25. The van der Waals surface area contributed by atoms with Crippen LogP contribution in [0.25, 0.3) is 0 Å². The van der Waals surface area contributed by atoms with E-state index >= 15 is 0 Å². The number of rotatable bonds is 6. The van der Waals surface area contributed by atoms with Gasteiger partial charge in [-0.2, -0.15) is 0 Å². The average molecular weight is 239 g/mol. The van der Waals surface area contributed by atoms with Gasteiger partial charge in [0.05, 0.1) is 18.4 Å². The van der Waals surface area contributed by atoms with Crippen molar-refractivity contribution in [2.45, 2.75) is 26.7 Å². The molecule has 0 saturated heterocycles. The van der Waals surface area contributed by atoms with Crippen LogP contribution in [0.3, 0.4) is 0 Å². The van der Waals surface area contributed by atoms with Crippen molar-refractivity contribution in [3.05, 3.63) is 23.7 Å². The van der Waals surface area contributed by atoms with E-state index < -0.39 is 0 Å². The molecule has 0 aliphatic heterocycles. The van der Waals surface area contributed by atoms with Crippen LogP contribution in [0.2, 0.25) is 0 Å². The molecule has 1 rings (SSSR count). The molecule has 0 radical (unpaired) electrons. The summed E-state index contributed by atoms with van der Waals surface area (Å²) in [5.74, 6) is 0.175. The number of hydrogen-bond donors (Lipinski definition) is 1. The Morgan fingerprint density at radius 2 is 2.24 bits per heavy atom. The Bertz CT molecular complexity index is 384. The van der Waals surface area contributed by atoms with E-state index in [0.29, 0.717) is 37.3 Å². The van der Waals surface area contributed by atoms with Crippen molar-refractivity contribution in [3.63, 3.8) is 0 Å². The second kappa shape index (κ2) is 6.73. The standard InChI is InChI=1S/C12H17NO4/c1-3-16-11(14)5-4-7-13-12(15)10-6-8-17-9(10)2/h6,8H,3-5,7H2,1-2H3,(H,13,15). The summed E-state index contributed by atoms with van der Waals surface area (Å²) in [6.45, 7) is 4.33. The Balaban J connectivity index is 2.21. The largest absolute Gasteiger partial charge is 0.469 e. The predicted molar refractivity (Wildman–Crippen MR) is 61.6 cm³/mol. The van der Waals surface area contributed by atoms with Gasteiger partial charge >= 0.3 is 5.97 Å². The van der Waals surface area contributed by atoms with Crippen LogP contribution in [-0.4, -0.2) is 25.0 Å². The Kier molecular flexibility index (Phi) is 5.26. The minimum absolute atomic E-state index is 0.180. The van der Waals surface area contributed by atoms with Crippen molar-refractivity contribution >= 4 is 11.9 Å². The van der Waals surface area contributed by atoms with Gasteiger partial charge in [0, 0.05) is 13.0 Å². The number of furan rings is 1. The van der Waals surface area contributed by atoms with Crippen LogP contribution in [0.1, 0.15) is 35.9 Å². The molecule has 5 nitrogen and oxygen atoms in total. The maximum Gasteiger partial charge on any atom is 0.305 e. The van der Waals surface area contributed by atoms with Crippen molar-refractivity contribution in [2.75, 3.05) is 13.2 Å². The highest BCUT2D eigenvalue weighted by atomic mass is 16.5. The summed E-state index contributed by atoms with van der Waals surface area (Å²) < 4.78 is 9.80. The van der Waals surface area contributed by atoms with Crippen molar-refractivity contribution in [3.8, 4) is 0 Å². The minimum atomic E-state index is -0.235. The third kappa shape index (κ3) is 4.30. The number of hydrogen-bond acceptors (Lipinski definition) is 4. The van der Waals surface area contributed by atoms with Gasteiger partial charge in [-0.1, -0.05) is 0 Å². The molecule has 1 aromatic rings. The normalized spacial score (nSPS) is 10.0. The van der Waals surface area contributed by atoms with Crippen molar-refractivity contribution in [2.24, 2.45) is 0 Å². The number of carbonyl (C=O) groups is 2. The fourth-order valence-electron chi connectivity index (χ4n) is 1.38. The van der Waals surface area contributed by atoms with E-state index in [9.17, 15) is 9.59 Å². The highest BCUT2D eigenvalue weighted by Gasteiger charge is 2.10. The van der Waals surface area contributed by atoms with E-state index in [-0.39, 0.29) is 11.9 Å². The van der Waals surface area contributed by atoms with Gasteiger partial charge in [-0.3, -0.25) is 9.59 Å². The second-order valence-corrected chi connectivity index (χ2v) is 3.55. The fraction of sp³-hybridized carbons (Fsp3) is 0.500. The number of amides is 1. The molecule has 1 heterocycles. The lowest BCUT2D eigenvalue weighted by Gasteiger charge is -2.04. The van der Waals surface area contributed by atoms with Gasteiger partial charge < -0.3 is 14.5 Å². The molecule has 0 fully saturated rings. The Hall–Kier alpha value is -1.78. The van der Waals surface area contributed by atoms with Gasteiger partial charge in [-0.15, -0.1) is 0 Å². The van der Waals surface area contributed by atoms with E-state index in [0.717, 1.165) is 0 Å². The average Bonchev–Trinajstić information content (AvgIpc) is 2.71. The first kappa shape index (κ1) is 13.3. The summed E-state index contributed by atoms with van der Waals surface area (Å²) in [6.07, 6.45) is 2.36. The molecule has 1 aromatic heterocycles. The zero-order valence-electron chi connectivity index (χ0n) is 10.1. The van der Waals surface area contributed by atoms with Crippen LogP contribution >= 0.6 is 0 Å². The Morgan fingerprint density at radius 3 is 2.82 bits per heavy atom. The van der Waals surface area contributed by atoms with Gasteiger partial charge in [0.25, 0.3) is 5.91 Å². The number of aryl methyl sites for hydroxylation is 1. The lowest BCUT2D eigenvalue weighted by molar-refractivity contribution is -0.143. The summed E-state index contributed by atoms with van der Waals surface area (Å²) in [6, 6.07) is 1.62. The molecule has 0 spiro atoms. The summed E-state index contributed by atoms with van der Waals surface area (Å²) >= 11 is 0. The minimum Gasteiger partial charge on any atom is -0.469 e. The number of carbonyl (C=O) groups excluding carboxylic acids is 2. The lowest BCUT2D eigenvalue weighted by Crippen LogP contribution is -2.25. The lowest BCUT2D eigenvalue weighted by atomic mass is 10.2. The summed E-state index contributed by atoms with van der Waals surface area (Å²) in [5, 5.41) is 2.72. The molecule has 0 atom stereocenters. The smallest absolute Gasteiger partial charge is 0.305 e. The zero-order chi connectivity index (χ0) is 12.7. The molecule has 0 bridgehead atoms. The van der Waals surface area contributed by atoms with Crippen molar-refractivity contribution in [1.82, 2.24) is 5.32 Å². The van der Waals surface area contributed by atoms with Gasteiger partial charge in [0.15, 0.2) is 0 Å². The second-order valence-electron chi connectivity index (χ2n) is 3.55. The monoisotopic (exact) mass is 239 g/mol. The molecular formula is C12H17NO4. The maximum atomic E-state index is 11.6. The van der Waals surface area contributed by atoms with E-state index in [1.807, 2.05) is 0 Å². The van der Waals surface area contributed by atoms with Crippen molar-refractivity contribution in [1.29, 1.82) is 0 Å². The number of nitrogens with one attached hydrogen (secondary N) is 1. The van der Waals surface area contributed by atoms with Gasteiger partial charge in [0.1, 0.15) is 5.76 Å². The highest BCUT2D eigenvalue weighted by molar-refractivity contribution is 5.95. The molecule has 1 amide bonds. The number of ether oxygens (including phenoxy) is 1. The zero-order valence-corrected chi connectivity index (χ0v) is 10.1. The Morgan fingerprint density at radius 1 is 1.47 bits per heavy atom. The molecule has 1 N–H and O–H groups in total. The number of esters is 1. The molecule has 0 unspecified atom stereocenters. The first-order valence-corrected chi connectivity index (χ1v) is 5.63. The van der Waals surface area contributed by atoms with Crippen LogP contribution in [0, 0.1) is 6.92 Å². The van der Waals surface area contributed by atoms with Gasteiger partial charge in [-0.25, -0.2) is 0 Å². The predicted octanol–water partition coefficient (Wildman–Crippen LogP) is 1.66. The van der Waals surface area contributed by atoms with Crippen LogP contribution in [0.5, 0.6) is 0 Å². The third-order valence-electron chi connectivity index (χ3n) is 2.25. The molecule has 5 heteroatoms. The van der Waals surface area contributed by atoms with E-state index in [4.69, 9.17) is 9.15 Å². The molecule has 17 heavy (non-hydrogen) atoms. The molecule has 0 aromatic carbocycles. The van der Waals surface area contributed by atoms with Gasteiger partial charge in [-0.05, 0) is 26.3 Å². The van der Waals surface area contributed by atoms with Crippen LogP contribution in [0.15, 0.2) is 16.7 Å². The van der Waals surface area contributed by atoms with Crippen LogP contribution in [0.4, 0.5) is 0 Å². The van der Waals surface area contributed by atoms with E-state index in [2.05, 4.69) is 5.32 Å². The first-order valence-electron chi connectivity index (χ1n) is 5.63. The molecule has 0 aliphatic rings. The summed E-state index contributed by atoms with van der Waals surface area (Å²) in [7, 11) is 0. The first-order chi connectivity index (χ1) is 8.15. The van der Waals surface area contributed by atoms with E-state index in [1.54, 1.807) is 19.9 Å². The van der Waals surface area contributed by atoms with Gasteiger partial charge in [0.2, 0.25) is 0 Å². The summed E-state index contributed by atoms with van der Waals surface area (Å²) in [5.41, 5.74) is 0.529. The summed E-state index contributed by atoms with van der Waals surface area (Å²) in [4.78, 5) is 22.6. The topological polar surface area (TPSA) is 68.5 Å². The van der Waals surface area contributed by atoms with E-state index in [1.165, 1.54) is 6.26 Å². The van der Waals surface area contributed by atoms with Crippen LogP contribution in [-0.2, 0) is 9.53 Å². The quantitative estimate of drug-likeness (QED) is 0.605. The van der Waals surface area contributed by atoms with Crippen LogP contribution < -0.4 is 5.32 Å². The maximum absolute atomic E-state index is 11.6.